The number of nitrogens with two attached hydrogens (primary N) is 1. The van der Waals surface area contributed by atoms with Crippen LogP contribution in [-0.2, 0) is 5.41 Å². The summed E-state index contributed by atoms with van der Waals surface area (Å²) in [6.45, 7) is 4.36. The summed E-state index contributed by atoms with van der Waals surface area (Å²) in [4.78, 5) is 10.3. The normalized spacial score (nSPS) is 11.5. The van der Waals surface area contributed by atoms with Gasteiger partial charge in [-0.05, 0) is 11.6 Å². The molecule has 15 heavy (non-hydrogen) atoms. The highest BCUT2D eigenvalue weighted by Gasteiger charge is 2.21. The highest BCUT2D eigenvalue weighted by molar-refractivity contribution is 9.10. The van der Waals surface area contributed by atoms with Crippen molar-refractivity contribution in [3.63, 3.8) is 0 Å². The summed E-state index contributed by atoms with van der Waals surface area (Å²) in [6.07, 6.45) is 0. The number of hydrogen-bond acceptors (Lipinski definition) is 3. The summed E-state index contributed by atoms with van der Waals surface area (Å²) in [6, 6.07) is 4.91. The fourth-order valence-electron chi connectivity index (χ4n) is 1.19. The van der Waals surface area contributed by atoms with Crippen LogP contribution in [-0.4, -0.2) is 11.5 Å². The third-order valence-electron chi connectivity index (χ3n) is 2.39. The van der Waals surface area contributed by atoms with Gasteiger partial charge in [0.05, 0.1) is 4.92 Å². The van der Waals surface area contributed by atoms with E-state index in [0.717, 1.165) is 5.56 Å². The molecule has 1 aromatic rings. The molecule has 0 atom stereocenters. The van der Waals surface area contributed by atoms with Crippen molar-refractivity contribution < 1.29 is 4.92 Å². The number of nitro benzene ring substituents is 1. The van der Waals surface area contributed by atoms with Gasteiger partial charge in [-0.25, -0.2) is 0 Å². The monoisotopic (exact) mass is 272 g/mol. The highest BCUT2D eigenvalue weighted by Crippen LogP contribution is 2.29. The van der Waals surface area contributed by atoms with Crippen LogP contribution in [0.2, 0.25) is 0 Å². The number of nitro groups is 1. The molecule has 0 aliphatic rings. The molecule has 0 fully saturated rings. The van der Waals surface area contributed by atoms with E-state index in [1.807, 2.05) is 19.9 Å². The minimum absolute atomic E-state index is 0.0842. The molecular weight excluding hydrogens is 260 g/mol. The van der Waals surface area contributed by atoms with E-state index in [1.165, 1.54) is 6.07 Å². The summed E-state index contributed by atoms with van der Waals surface area (Å²) < 4.78 is 0.702. The van der Waals surface area contributed by atoms with Crippen molar-refractivity contribution >= 4 is 21.6 Å². The third kappa shape index (κ3) is 2.76. The van der Waals surface area contributed by atoms with E-state index < -0.39 is 4.92 Å². The van der Waals surface area contributed by atoms with Gasteiger partial charge in [-0.15, -0.1) is 0 Å². The summed E-state index contributed by atoms with van der Waals surface area (Å²) in [5, 5.41) is 10.7. The molecular formula is C10H13BrN2O2. The number of halogens is 1. The minimum Gasteiger partial charge on any atom is -0.330 e. The Morgan fingerprint density at radius 2 is 2.07 bits per heavy atom. The maximum absolute atomic E-state index is 10.7. The Labute approximate surface area is 96.8 Å². The summed E-state index contributed by atoms with van der Waals surface area (Å²) in [5.41, 5.74) is 6.32. The zero-order valence-corrected chi connectivity index (χ0v) is 10.2. The number of nitrogens with zero attached hydrogens (tertiary/aromatic N) is 1. The molecule has 0 spiro atoms. The molecule has 1 aromatic carbocycles. The highest BCUT2D eigenvalue weighted by atomic mass is 79.9. The van der Waals surface area contributed by atoms with Crippen LogP contribution in [0.15, 0.2) is 22.7 Å². The van der Waals surface area contributed by atoms with Crippen LogP contribution in [0, 0.1) is 10.1 Å². The lowest BCUT2D eigenvalue weighted by molar-refractivity contribution is -0.385. The van der Waals surface area contributed by atoms with E-state index in [2.05, 4.69) is 15.9 Å². The molecule has 0 saturated heterocycles. The summed E-state index contributed by atoms with van der Waals surface area (Å²) >= 11 is 3.26. The second kappa shape index (κ2) is 4.28. The van der Waals surface area contributed by atoms with Crippen LogP contribution in [0.1, 0.15) is 19.4 Å². The average Bonchev–Trinajstić information content (AvgIpc) is 2.16. The SMILES string of the molecule is CC(C)(CN)c1cc(Br)cc([N+](=O)[O-])c1. The summed E-state index contributed by atoms with van der Waals surface area (Å²) in [5.74, 6) is 0. The molecule has 0 saturated carbocycles. The first-order chi connectivity index (χ1) is 6.86. The van der Waals surface area contributed by atoms with E-state index in [0.29, 0.717) is 11.0 Å². The average molecular weight is 273 g/mol. The van der Waals surface area contributed by atoms with Crippen molar-refractivity contribution in [3.8, 4) is 0 Å². The molecule has 0 aliphatic carbocycles. The van der Waals surface area contributed by atoms with Crippen molar-refractivity contribution in [2.45, 2.75) is 19.3 Å². The Hall–Kier alpha value is -0.940. The predicted molar refractivity (Wildman–Crippen MR) is 62.9 cm³/mol. The second-order valence-corrected chi connectivity index (χ2v) is 4.96. The van der Waals surface area contributed by atoms with E-state index in [9.17, 15) is 10.1 Å². The molecule has 2 N–H and O–H groups in total. The van der Waals surface area contributed by atoms with Crippen LogP contribution in [0.5, 0.6) is 0 Å². The maximum atomic E-state index is 10.7. The Morgan fingerprint density at radius 3 is 2.53 bits per heavy atom. The quantitative estimate of drug-likeness (QED) is 0.679. The first kappa shape index (κ1) is 12.1. The van der Waals surface area contributed by atoms with E-state index in [1.54, 1.807) is 6.07 Å². The van der Waals surface area contributed by atoms with Crippen LogP contribution in [0.4, 0.5) is 5.69 Å². The fourth-order valence-corrected chi connectivity index (χ4v) is 1.67. The van der Waals surface area contributed by atoms with Crippen molar-refractivity contribution in [1.82, 2.24) is 0 Å². The molecule has 1 rings (SSSR count). The van der Waals surface area contributed by atoms with E-state index in [4.69, 9.17) is 5.73 Å². The van der Waals surface area contributed by atoms with Crippen molar-refractivity contribution in [3.05, 3.63) is 38.3 Å². The van der Waals surface area contributed by atoms with Gasteiger partial charge < -0.3 is 5.73 Å². The van der Waals surface area contributed by atoms with Gasteiger partial charge in [0.15, 0.2) is 0 Å². The molecule has 0 aromatic heterocycles. The van der Waals surface area contributed by atoms with Gasteiger partial charge in [-0.3, -0.25) is 10.1 Å². The van der Waals surface area contributed by atoms with Crippen LogP contribution < -0.4 is 5.73 Å². The Bertz CT molecular complexity index is 391. The molecule has 0 heterocycles. The zero-order valence-electron chi connectivity index (χ0n) is 8.66. The van der Waals surface area contributed by atoms with Crippen molar-refractivity contribution in [1.29, 1.82) is 0 Å². The minimum atomic E-state index is -0.402. The number of rotatable bonds is 3. The number of benzene rings is 1. The summed E-state index contributed by atoms with van der Waals surface area (Å²) in [7, 11) is 0. The fraction of sp³-hybridized carbons (Fsp3) is 0.400. The van der Waals surface area contributed by atoms with Crippen LogP contribution >= 0.6 is 15.9 Å². The lowest BCUT2D eigenvalue weighted by atomic mass is 9.85. The second-order valence-electron chi connectivity index (χ2n) is 4.04. The van der Waals surface area contributed by atoms with Gasteiger partial charge >= 0.3 is 0 Å². The Morgan fingerprint density at radius 1 is 1.47 bits per heavy atom. The molecule has 0 aliphatic heterocycles. The van der Waals surface area contributed by atoms with Gasteiger partial charge in [-0.1, -0.05) is 29.8 Å². The van der Waals surface area contributed by atoms with Crippen molar-refractivity contribution in [2.24, 2.45) is 5.73 Å². The first-order valence-corrected chi connectivity index (χ1v) is 5.31. The standard InChI is InChI=1S/C10H13BrN2O2/c1-10(2,6-12)7-3-8(11)5-9(4-7)13(14)15/h3-5H,6,12H2,1-2H3. The lowest BCUT2D eigenvalue weighted by Crippen LogP contribution is -2.28. The Balaban J connectivity index is 3.26. The largest absolute Gasteiger partial charge is 0.330 e. The van der Waals surface area contributed by atoms with Gasteiger partial charge in [0.25, 0.3) is 5.69 Å². The van der Waals surface area contributed by atoms with Crippen LogP contribution in [0.3, 0.4) is 0 Å². The van der Waals surface area contributed by atoms with E-state index >= 15 is 0 Å². The van der Waals surface area contributed by atoms with Crippen LogP contribution in [0.25, 0.3) is 0 Å². The first-order valence-electron chi connectivity index (χ1n) is 4.52. The van der Waals surface area contributed by atoms with E-state index in [-0.39, 0.29) is 11.1 Å². The van der Waals surface area contributed by atoms with Gasteiger partial charge in [0, 0.05) is 28.6 Å². The molecule has 4 nitrogen and oxygen atoms in total. The maximum Gasteiger partial charge on any atom is 0.270 e. The Kier molecular flexibility index (Phi) is 3.46. The predicted octanol–water partition coefficient (Wildman–Crippen LogP) is 2.59. The number of non-ortho nitro benzene ring substituents is 1. The topological polar surface area (TPSA) is 69.2 Å². The third-order valence-corrected chi connectivity index (χ3v) is 2.84. The van der Waals surface area contributed by atoms with Crippen molar-refractivity contribution in [2.75, 3.05) is 6.54 Å². The number of hydrogen-bond donors (Lipinski definition) is 1. The van der Waals surface area contributed by atoms with Gasteiger partial charge in [0.2, 0.25) is 0 Å². The lowest BCUT2D eigenvalue weighted by Gasteiger charge is -2.22. The molecule has 0 bridgehead atoms. The molecule has 0 radical (unpaired) electrons. The van der Waals surface area contributed by atoms with Gasteiger partial charge in [-0.2, -0.15) is 0 Å². The van der Waals surface area contributed by atoms with Gasteiger partial charge in [0.1, 0.15) is 0 Å². The molecule has 5 heteroatoms. The molecule has 0 amide bonds. The zero-order chi connectivity index (χ0) is 11.6. The smallest absolute Gasteiger partial charge is 0.270 e. The molecule has 82 valence electrons. The molecule has 0 unspecified atom stereocenters.